The van der Waals surface area contributed by atoms with E-state index in [0.29, 0.717) is 5.02 Å². The number of alkyl halides is 1. The van der Waals surface area contributed by atoms with Crippen molar-refractivity contribution < 1.29 is 14.3 Å². The van der Waals surface area contributed by atoms with E-state index >= 15 is 0 Å². The third kappa shape index (κ3) is 4.66. The third-order valence-electron chi connectivity index (χ3n) is 2.07. The Morgan fingerprint density at radius 2 is 1.89 bits per heavy atom. The number of carbonyl (C=O) groups is 2. The van der Waals surface area contributed by atoms with Gasteiger partial charge in [-0.05, 0) is 24.6 Å². The molecular weight excluding hydrogens is 321 g/mol. The molecule has 0 spiro atoms. The molecule has 0 aliphatic rings. The highest BCUT2D eigenvalue weighted by Crippen LogP contribution is 2.25. The molecule has 6 heteroatoms. The summed E-state index contributed by atoms with van der Waals surface area (Å²) in [4.78, 5) is 22.0. The molecule has 1 N–H and O–H groups in total. The number of rotatable bonds is 4. The van der Waals surface area contributed by atoms with Crippen LogP contribution in [0.5, 0.6) is 0 Å². The van der Waals surface area contributed by atoms with Crippen LogP contribution in [0.1, 0.15) is 24.2 Å². The predicted octanol–water partition coefficient (Wildman–Crippen LogP) is 2.80. The van der Waals surface area contributed by atoms with Gasteiger partial charge in [0.25, 0.3) is 0 Å². The Morgan fingerprint density at radius 1 is 1.33 bits per heavy atom. The average Bonchev–Trinajstić information content (AvgIpc) is 2.27. The Bertz CT molecular complexity index is 435. The van der Waals surface area contributed by atoms with Gasteiger partial charge in [-0.3, -0.25) is 9.59 Å². The lowest BCUT2D eigenvalue weighted by atomic mass is 10.1. The minimum atomic E-state index is -0.664. The molecule has 1 rings (SSSR count). The van der Waals surface area contributed by atoms with Gasteiger partial charge >= 0.3 is 5.97 Å². The first-order valence-corrected chi connectivity index (χ1v) is 6.56. The van der Waals surface area contributed by atoms with Crippen molar-refractivity contribution >= 4 is 39.4 Å². The molecule has 2 atom stereocenters. The van der Waals surface area contributed by atoms with E-state index in [-0.39, 0.29) is 5.91 Å². The first-order valence-electron chi connectivity index (χ1n) is 5.27. The quantitative estimate of drug-likeness (QED) is 0.523. The van der Waals surface area contributed by atoms with Gasteiger partial charge in [-0.2, -0.15) is 0 Å². The van der Waals surface area contributed by atoms with Gasteiger partial charge in [-0.25, -0.2) is 0 Å². The summed E-state index contributed by atoms with van der Waals surface area (Å²) in [5, 5.41) is 3.06. The molecule has 0 bridgehead atoms. The molecule has 0 aliphatic heterocycles. The van der Waals surface area contributed by atoms with Crippen molar-refractivity contribution in [1.82, 2.24) is 5.32 Å². The lowest BCUT2D eigenvalue weighted by Crippen LogP contribution is -2.35. The molecule has 1 amide bonds. The Hall–Kier alpha value is -1.07. The van der Waals surface area contributed by atoms with E-state index < -0.39 is 17.0 Å². The predicted molar refractivity (Wildman–Crippen MR) is 72.5 cm³/mol. The van der Waals surface area contributed by atoms with Gasteiger partial charge < -0.3 is 10.1 Å². The first kappa shape index (κ1) is 15.0. The van der Waals surface area contributed by atoms with Crippen LogP contribution in [0.15, 0.2) is 24.3 Å². The number of amides is 1. The van der Waals surface area contributed by atoms with Crippen molar-refractivity contribution in [3.63, 3.8) is 0 Å². The van der Waals surface area contributed by atoms with Gasteiger partial charge in [0.1, 0.15) is 4.83 Å². The topological polar surface area (TPSA) is 55.4 Å². The maximum Gasteiger partial charge on any atom is 0.326 e. The molecule has 4 nitrogen and oxygen atoms in total. The third-order valence-corrected chi connectivity index (χ3v) is 3.22. The van der Waals surface area contributed by atoms with Crippen molar-refractivity contribution in [2.24, 2.45) is 0 Å². The fraction of sp³-hybridized carbons (Fsp3) is 0.333. The average molecular weight is 335 g/mol. The van der Waals surface area contributed by atoms with Crippen LogP contribution in [-0.2, 0) is 14.3 Å². The van der Waals surface area contributed by atoms with E-state index in [0.717, 1.165) is 5.56 Å². The van der Waals surface area contributed by atoms with Gasteiger partial charge in [-0.15, -0.1) is 0 Å². The summed E-state index contributed by atoms with van der Waals surface area (Å²) in [6.07, 6.45) is -0.664. The van der Waals surface area contributed by atoms with Gasteiger partial charge in [0, 0.05) is 11.9 Å². The summed E-state index contributed by atoms with van der Waals surface area (Å²) in [7, 11) is 0. The molecule has 0 heterocycles. The number of halogens is 2. The standard InChI is InChI=1S/C12H13BrClNO3/c1-7(16)15-8(2)18-12(17)11(13)9-3-5-10(14)6-4-9/h3-6,8,11H,1-2H3,(H,15,16). The fourth-order valence-electron chi connectivity index (χ4n) is 1.32. The van der Waals surface area contributed by atoms with Crippen LogP contribution in [0.2, 0.25) is 5.02 Å². The van der Waals surface area contributed by atoms with Crippen molar-refractivity contribution in [2.45, 2.75) is 24.9 Å². The minimum absolute atomic E-state index is 0.257. The molecule has 98 valence electrons. The molecule has 18 heavy (non-hydrogen) atoms. The molecule has 0 saturated carbocycles. The SMILES string of the molecule is CC(=O)NC(C)OC(=O)C(Br)c1ccc(Cl)cc1. The highest BCUT2D eigenvalue weighted by atomic mass is 79.9. The summed E-state index contributed by atoms with van der Waals surface area (Å²) >= 11 is 9.00. The van der Waals surface area contributed by atoms with Crippen molar-refractivity contribution in [3.8, 4) is 0 Å². The van der Waals surface area contributed by atoms with Gasteiger partial charge in [0.2, 0.25) is 5.91 Å². The van der Waals surface area contributed by atoms with E-state index in [1.165, 1.54) is 6.92 Å². The van der Waals surface area contributed by atoms with Crippen molar-refractivity contribution in [3.05, 3.63) is 34.9 Å². The maximum absolute atomic E-state index is 11.8. The smallest absolute Gasteiger partial charge is 0.326 e. The lowest BCUT2D eigenvalue weighted by molar-refractivity contribution is -0.150. The normalized spacial score (nSPS) is 13.6. The van der Waals surface area contributed by atoms with Crippen LogP contribution in [0.3, 0.4) is 0 Å². The number of hydrogen-bond acceptors (Lipinski definition) is 3. The Labute approximate surface area is 119 Å². The highest BCUT2D eigenvalue weighted by molar-refractivity contribution is 9.09. The van der Waals surface area contributed by atoms with Crippen molar-refractivity contribution in [1.29, 1.82) is 0 Å². The van der Waals surface area contributed by atoms with Crippen LogP contribution >= 0.6 is 27.5 Å². The number of hydrogen-bond donors (Lipinski definition) is 1. The zero-order chi connectivity index (χ0) is 13.7. The second-order valence-electron chi connectivity index (χ2n) is 3.69. The summed E-state index contributed by atoms with van der Waals surface area (Å²) in [5.41, 5.74) is 0.736. The van der Waals surface area contributed by atoms with E-state index in [1.807, 2.05) is 0 Å². The van der Waals surface area contributed by atoms with E-state index in [2.05, 4.69) is 21.2 Å². The monoisotopic (exact) mass is 333 g/mol. The summed E-state index contributed by atoms with van der Waals surface area (Å²) < 4.78 is 5.06. The number of nitrogens with one attached hydrogen (secondary N) is 1. The van der Waals surface area contributed by atoms with Crippen molar-refractivity contribution in [2.75, 3.05) is 0 Å². The number of esters is 1. The second kappa shape index (κ2) is 6.75. The van der Waals surface area contributed by atoms with Crippen LogP contribution in [0, 0.1) is 0 Å². The molecule has 0 saturated heterocycles. The van der Waals surface area contributed by atoms with Gasteiger partial charge in [0.05, 0.1) is 0 Å². The molecule has 0 radical (unpaired) electrons. The number of carbonyl (C=O) groups excluding carboxylic acids is 2. The van der Waals surface area contributed by atoms with E-state index in [1.54, 1.807) is 31.2 Å². The van der Waals surface area contributed by atoms with Crippen LogP contribution in [0.4, 0.5) is 0 Å². The highest BCUT2D eigenvalue weighted by Gasteiger charge is 2.21. The summed E-state index contributed by atoms with van der Waals surface area (Å²) in [6, 6.07) is 6.84. The first-order chi connectivity index (χ1) is 8.40. The molecule has 0 fully saturated rings. The van der Waals surface area contributed by atoms with Gasteiger partial charge in [-0.1, -0.05) is 39.7 Å². The summed E-state index contributed by atoms with van der Waals surface area (Å²) in [6.45, 7) is 2.94. The maximum atomic E-state index is 11.8. The Morgan fingerprint density at radius 3 is 2.39 bits per heavy atom. The number of benzene rings is 1. The molecule has 1 aromatic carbocycles. The van der Waals surface area contributed by atoms with E-state index in [4.69, 9.17) is 16.3 Å². The Kier molecular flexibility index (Phi) is 5.62. The molecule has 1 aromatic rings. The zero-order valence-electron chi connectivity index (χ0n) is 9.94. The molecular formula is C12H13BrClNO3. The fourth-order valence-corrected chi connectivity index (χ4v) is 1.86. The largest absolute Gasteiger partial charge is 0.441 e. The Balaban J connectivity index is 2.61. The summed E-state index contributed by atoms with van der Waals surface area (Å²) in [5.74, 6) is -0.730. The lowest BCUT2D eigenvalue weighted by Gasteiger charge is -2.16. The molecule has 2 unspecified atom stereocenters. The van der Waals surface area contributed by atoms with E-state index in [9.17, 15) is 9.59 Å². The van der Waals surface area contributed by atoms with Gasteiger partial charge in [0.15, 0.2) is 6.23 Å². The van der Waals surface area contributed by atoms with Crippen LogP contribution < -0.4 is 5.32 Å². The minimum Gasteiger partial charge on any atom is -0.441 e. The van der Waals surface area contributed by atoms with Crippen LogP contribution in [-0.4, -0.2) is 18.1 Å². The zero-order valence-corrected chi connectivity index (χ0v) is 12.3. The molecule has 0 aliphatic carbocycles. The number of ether oxygens (including phenoxy) is 1. The molecule has 0 aromatic heterocycles. The second-order valence-corrected chi connectivity index (χ2v) is 5.05. The van der Waals surface area contributed by atoms with Crippen LogP contribution in [0.25, 0.3) is 0 Å².